The summed E-state index contributed by atoms with van der Waals surface area (Å²) in [4.78, 5) is 12.8. The van der Waals surface area contributed by atoms with E-state index in [-0.39, 0.29) is 30.2 Å². The fourth-order valence-electron chi connectivity index (χ4n) is 3.80. The summed E-state index contributed by atoms with van der Waals surface area (Å²) in [6.07, 6.45) is 0.560. The number of sulfone groups is 1. The number of rotatable bonds is 14. The number of benzene rings is 2. The van der Waals surface area contributed by atoms with Gasteiger partial charge in [-0.2, -0.15) is 4.31 Å². The van der Waals surface area contributed by atoms with Gasteiger partial charge in [0.2, 0.25) is 15.9 Å². The Bertz CT molecular complexity index is 1180. The van der Waals surface area contributed by atoms with Gasteiger partial charge in [0, 0.05) is 25.3 Å². The number of hydrogen-bond acceptors (Lipinski definition) is 7. The Balaban J connectivity index is 2.29. The molecule has 0 radical (unpaired) electrons. The van der Waals surface area contributed by atoms with Crippen LogP contribution >= 0.6 is 0 Å². The Labute approximate surface area is 214 Å². The summed E-state index contributed by atoms with van der Waals surface area (Å²) >= 11 is 0. The van der Waals surface area contributed by atoms with Gasteiger partial charge in [-0.25, -0.2) is 16.8 Å². The molecule has 36 heavy (non-hydrogen) atoms. The number of carbonyl (C=O) groups excluding carboxylic acids is 1. The molecule has 2 aromatic rings. The monoisotopic (exact) mass is 540 g/mol. The lowest BCUT2D eigenvalue weighted by atomic mass is 10.00. The van der Waals surface area contributed by atoms with Crippen LogP contribution in [-0.2, 0) is 31.1 Å². The smallest absolute Gasteiger partial charge is 0.243 e. The van der Waals surface area contributed by atoms with E-state index in [1.807, 2.05) is 37.3 Å². The zero-order valence-corrected chi connectivity index (χ0v) is 22.8. The van der Waals surface area contributed by atoms with Crippen LogP contribution in [0.5, 0.6) is 5.75 Å². The van der Waals surface area contributed by atoms with E-state index in [0.29, 0.717) is 12.2 Å². The molecule has 0 aliphatic heterocycles. The van der Waals surface area contributed by atoms with Crippen molar-refractivity contribution in [2.75, 3.05) is 32.2 Å². The molecular weight excluding hydrogens is 504 g/mol. The second-order valence-corrected chi connectivity index (χ2v) is 13.0. The molecule has 2 N–H and O–H groups in total. The SMILES string of the molecule is CCCN(CC(O)[C@H](Cc1ccccc1)NC(=O)C(C)CS(C)(=O)=O)S(=O)(=O)c1ccc(OC)cc1. The fourth-order valence-corrected chi connectivity index (χ4v) is 6.41. The Morgan fingerprint density at radius 1 is 1.06 bits per heavy atom. The van der Waals surface area contributed by atoms with Gasteiger partial charge < -0.3 is 15.2 Å². The molecule has 0 spiro atoms. The molecule has 2 unspecified atom stereocenters. The number of hydrogen-bond donors (Lipinski definition) is 2. The molecule has 0 saturated carbocycles. The number of nitrogens with zero attached hydrogens (tertiary/aromatic N) is 1. The zero-order chi connectivity index (χ0) is 26.9. The van der Waals surface area contributed by atoms with E-state index in [9.17, 15) is 26.7 Å². The van der Waals surface area contributed by atoms with Gasteiger partial charge in [-0.05, 0) is 42.7 Å². The van der Waals surface area contributed by atoms with Crippen LogP contribution in [0.1, 0.15) is 25.8 Å². The van der Waals surface area contributed by atoms with Crippen molar-refractivity contribution in [2.45, 2.75) is 43.7 Å². The van der Waals surface area contributed by atoms with Gasteiger partial charge in [0.05, 0.1) is 29.9 Å². The first kappa shape index (κ1) is 29.8. The lowest BCUT2D eigenvalue weighted by Gasteiger charge is -2.30. The lowest BCUT2D eigenvalue weighted by Crippen LogP contribution is -2.52. The molecule has 11 heteroatoms. The third-order valence-electron chi connectivity index (χ3n) is 5.65. The fraction of sp³-hybridized carbons (Fsp3) is 0.480. The molecule has 0 aliphatic rings. The number of carbonyl (C=O) groups is 1. The summed E-state index contributed by atoms with van der Waals surface area (Å²) in [5.41, 5.74) is 0.831. The largest absolute Gasteiger partial charge is 0.497 e. The van der Waals surface area contributed by atoms with Crippen LogP contribution in [0, 0.1) is 5.92 Å². The highest BCUT2D eigenvalue weighted by Gasteiger charge is 2.31. The normalized spacial score (nSPS) is 14.7. The number of amides is 1. The minimum atomic E-state index is -3.93. The average molecular weight is 541 g/mol. The van der Waals surface area contributed by atoms with E-state index in [2.05, 4.69) is 5.32 Å². The molecular formula is C25H36N2O7S2. The topological polar surface area (TPSA) is 130 Å². The minimum Gasteiger partial charge on any atom is -0.497 e. The van der Waals surface area contributed by atoms with Crippen LogP contribution in [0.2, 0.25) is 0 Å². The van der Waals surface area contributed by atoms with Gasteiger partial charge in [-0.3, -0.25) is 4.79 Å². The maximum Gasteiger partial charge on any atom is 0.243 e. The van der Waals surface area contributed by atoms with E-state index in [1.165, 1.54) is 30.5 Å². The summed E-state index contributed by atoms with van der Waals surface area (Å²) in [5, 5.41) is 13.9. The summed E-state index contributed by atoms with van der Waals surface area (Å²) in [6.45, 7) is 3.25. The maximum atomic E-state index is 13.3. The third kappa shape index (κ3) is 8.88. The molecule has 0 aromatic heterocycles. The molecule has 200 valence electrons. The van der Waals surface area contributed by atoms with E-state index in [0.717, 1.165) is 11.8 Å². The summed E-state index contributed by atoms with van der Waals surface area (Å²) < 4.78 is 56.3. The number of nitrogens with one attached hydrogen (secondary N) is 1. The predicted octanol–water partition coefficient (Wildman–Crippen LogP) is 1.87. The van der Waals surface area contributed by atoms with Gasteiger partial charge in [-0.1, -0.05) is 44.2 Å². The molecule has 0 fully saturated rings. The van der Waals surface area contributed by atoms with Gasteiger partial charge in [-0.15, -0.1) is 0 Å². The number of aliphatic hydroxyl groups is 1. The van der Waals surface area contributed by atoms with Crippen molar-refractivity contribution in [3.05, 3.63) is 60.2 Å². The third-order valence-corrected chi connectivity index (χ3v) is 8.64. The van der Waals surface area contributed by atoms with Crippen LogP contribution < -0.4 is 10.1 Å². The number of ether oxygens (including phenoxy) is 1. The summed E-state index contributed by atoms with van der Waals surface area (Å²) in [6, 6.07) is 14.3. The van der Waals surface area contributed by atoms with Crippen molar-refractivity contribution < 1.29 is 31.5 Å². The number of aliphatic hydroxyl groups excluding tert-OH is 1. The number of sulfonamides is 1. The van der Waals surface area contributed by atoms with Crippen molar-refractivity contribution in [3.8, 4) is 5.75 Å². The number of methoxy groups -OCH3 is 1. The summed E-state index contributed by atoms with van der Waals surface area (Å²) in [5.74, 6) is -1.17. The van der Waals surface area contributed by atoms with Gasteiger partial charge in [0.1, 0.15) is 15.6 Å². The molecule has 0 saturated heterocycles. The average Bonchev–Trinajstić information content (AvgIpc) is 2.82. The Hall–Kier alpha value is -2.47. The molecule has 9 nitrogen and oxygen atoms in total. The quantitative estimate of drug-likeness (QED) is 0.374. The first-order valence-electron chi connectivity index (χ1n) is 11.7. The molecule has 0 aliphatic carbocycles. The van der Waals surface area contributed by atoms with Crippen LogP contribution in [0.15, 0.2) is 59.5 Å². The molecule has 1 amide bonds. The molecule has 2 rings (SSSR count). The summed E-state index contributed by atoms with van der Waals surface area (Å²) in [7, 11) is -5.83. The van der Waals surface area contributed by atoms with E-state index >= 15 is 0 Å². The first-order chi connectivity index (χ1) is 16.9. The second kappa shape index (κ2) is 13.2. The standard InChI is InChI=1S/C25H36N2O7S2/c1-5-15-27(36(32,33)22-13-11-21(34-3)12-14-22)17-24(28)23(16-20-9-7-6-8-10-20)26-25(29)19(2)18-35(4,30)31/h6-14,19,23-24,28H,5,15-18H2,1-4H3,(H,26,29)/t19?,23-,24?/m0/s1. The first-order valence-corrected chi connectivity index (χ1v) is 15.2. The van der Waals surface area contributed by atoms with Crippen molar-refractivity contribution in [2.24, 2.45) is 5.92 Å². The van der Waals surface area contributed by atoms with E-state index < -0.39 is 43.8 Å². The van der Waals surface area contributed by atoms with Crippen LogP contribution in [-0.4, -0.2) is 76.5 Å². The Morgan fingerprint density at radius 3 is 2.19 bits per heavy atom. The van der Waals surface area contributed by atoms with Gasteiger partial charge >= 0.3 is 0 Å². The Morgan fingerprint density at radius 2 is 1.67 bits per heavy atom. The van der Waals surface area contributed by atoms with Gasteiger partial charge in [0.25, 0.3) is 0 Å². The van der Waals surface area contributed by atoms with Crippen molar-refractivity contribution >= 4 is 25.8 Å². The van der Waals surface area contributed by atoms with Gasteiger partial charge in [0.15, 0.2) is 0 Å². The Kier molecular flexibility index (Phi) is 10.9. The highest BCUT2D eigenvalue weighted by atomic mass is 32.2. The van der Waals surface area contributed by atoms with Crippen LogP contribution in [0.4, 0.5) is 0 Å². The molecule has 0 heterocycles. The van der Waals surface area contributed by atoms with Crippen molar-refractivity contribution in [1.29, 1.82) is 0 Å². The maximum absolute atomic E-state index is 13.3. The highest BCUT2D eigenvalue weighted by Crippen LogP contribution is 2.21. The van der Waals surface area contributed by atoms with E-state index in [4.69, 9.17) is 4.74 Å². The minimum absolute atomic E-state index is 0.0642. The second-order valence-electron chi connectivity index (χ2n) is 8.90. The molecule has 3 atom stereocenters. The molecule has 2 aromatic carbocycles. The van der Waals surface area contributed by atoms with Crippen molar-refractivity contribution in [1.82, 2.24) is 9.62 Å². The highest BCUT2D eigenvalue weighted by molar-refractivity contribution is 7.90. The van der Waals surface area contributed by atoms with Crippen LogP contribution in [0.3, 0.4) is 0 Å². The zero-order valence-electron chi connectivity index (χ0n) is 21.1. The predicted molar refractivity (Wildman–Crippen MR) is 139 cm³/mol. The van der Waals surface area contributed by atoms with E-state index in [1.54, 1.807) is 12.1 Å². The lowest BCUT2D eigenvalue weighted by molar-refractivity contribution is -0.125. The van der Waals surface area contributed by atoms with Crippen molar-refractivity contribution in [3.63, 3.8) is 0 Å². The molecule has 0 bridgehead atoms. The van der Waals surface area contributed by atoms with Crippen LogP contribution in [0.25, 0.3) is 0 Å².